The number of aromatic amines is 1. The molecule has 3 aromatic rings. The summed E-state index contributed by atoms with van der Waals surface area (Å²) in [7, 11) is 0. The van der Waals surface area contributed by atoms with E-state index in [2.05, 4.69) is 15.1 Å². The standard InChI is InChI=1S/C14H17N5O/c1-2-9-12(13(15)19(18-9)7-8-20)14-16-10-5-3-4-6-11(10)17-14/h3-6,20H,2,7-8,15H2,1H3,(H,16,17). The number of hydrogen-bond acceptors (Lipinski definition) is 4. The highest BCUT2D eigenvalue weighted by Gasteiger charge is 2.18. The minimum Gasteiger partial charge on any atom is -0.394 e. The van der Waals surface area contributed by atoms with Gasteiger partial charge in [0.1, 0.15) is 11.6 Å². The minimum atomic E-state index is 0.00854. The number of rotatable bonds is 4. The van der Waals surface area contributed by atoms with Gasteiger partial charge in [0.2, 0.25) is 0 Å². The van der Waals surface area contributed by atoms with Crippen molar-refractivity contribution in [3.63, 3.8) is 0 Å². The number of aliphatic hydroxyl groups excluding tert-OH is 1. The molecule has 104 valence electrons. The molecule has 2 heterocycles. The molecule has 6 nitrogen and oxygen atoms in total. The maximum Gasteiger partial charge on any atom is 0.144 e. The van der Waals surface area contributed by atoms with Crippen LogP contribution in [-0.2, 0) is 13.0 Å². The first-order chi connectivity index (χ1) is 9.74. The zero-order valence-electron chi connectivity index (χ0n) is 11.3. The second-order valence-corrected chi connectivity index (χ2v) is 4.61. The Labute approximate surface area is 116 Å². The quantitative estimate of drug-likeness (QED) is 0.671. The van der Waals surface area contributed by atoms with Gasteiger partial charge in [-0.05, 0) is 18.6 Å². The van der Waals surface area contributed by atoms with Crippen molar-refractivity contribution in [2.75, 3.05) is 12.3 Å². The van der Waals surface area contributed by atoms with Crippen LogP contribution in [0.5, 0.6) is 0 Å². The van der Waals surface area contributed by atoms with Crippen LogP contribution >= 0.6 is 0 Å². The number of para-hydroxylation sites is 2. The summed E-state index contributed by atoms with van der Waals surface area (Å²) in [4.78, 5) is 7.85. The first-order valence-corrected chi connectivity index (χ1v) is 6.65. The monoisotopic (exact) mass is 271 g/mol. The highest BCUT2D eigenvalue weighted by molar-refractivity contribution is 5.82. The molecule has 0 atom stereocenters. The third-order valence-corrected chi connectivity index (χ3v) is 3.34. The number of nitrogens with two attached hydrogens (primary N) is 1. The van der Waals surface area contributed by atoms with Crippen molar-refractivity contribution in [2.24, 2.45) is 0 Å². The number of nitrogens with zero attached hydrogens (tertiary/aromatic N) is 3. The molecule has 1 aromatic carbocycles. The van der Waals surface area contributed by atoms with E-state index in [0.29, 0.717) is 12.4 Å². The molecule has 0 radical (unpaired) electrons. The van der Waals surface area contributed by atoms with Gasteiger partial charge in [-0.2, -0.15) is 5.10 Å². The van der Waals surface area contributed by atoms with Crippen LogP contribution in [0.15, 0.2) is 24.3 Å². The van der Waals surface area contributed by atoms with Crippen molar-refractivity contribution < 1.29 is 5.11 Å². The summed E-state index contributed by atoms with van der Waals surface area (Å²) >= 11 is 0. The zero-order chi connectivity index (χ0) is 14.1. The summed E-state index contributed by atoms with van der Waals surface area (Å²) in [6.07, 6.45) is 0.759. The van der Waals surface area contributed by atoms with E-state index in [4.69, 9.17) is 10.8 Å². The normalized spacial score (nSPS) is 11.3. The number of hydrogen-bond donors (Lipinski definition) is 3. The molecule has 0 unspecified atom stereocenters. The van der Waals surface area contributed by atoms with Crippen LogP contribution in [0.3, 0.4) is 0 Å². The van der Waals surface area contributed by atoms with Crippen molar-refractivity contribution in [1.82, 2.24) is 19.7 Å². The predicted molar refractivity (Wildman–Crippen MR) is 78.2 cm³/mol. The topological polar surface area (TPSA) is 92.8 Å². The van der Waals surface area contributed by atoms with Crippen LogP contribution in [0.25, 0.3) is 22.4 Å². The van der Waals surface area contributed by atoms with E-state index >= 15 is 0 Å². The molecule has 2 aromatic heterocycles. The van der Waals surface area contributed by atoms with Crippen molar-refractivity contribution in [3.05, 3.63) is 30.0 Å². The van der Waals surface area contributed by atoms with Gasteiger partial charge in [-0.3, -0.25) is 0 Å². The van der Waals surface area contributed by atoms with E-state index in [1.165, 1.54) is 0 Å². The van der Waals surface area contributed by atoms with Gasteiger partial charge in [0.25, 0.3) is 0 Å². The number of imidazole rings is 1. The number of fused-ring (bicyclic) bond motifs is 1. The molecule has 0 amide bonds. The molecule has 0 spiro atoms. The van der Waals surface area contributed by atoms with Gasteiger partial charge < -0.3 is 15.8 Å². The number of nitrogens with one attached hydrogen (secondary N) is 1. The fourth-order valence-corrected chi connectivity index (χ4v) is 2.37. The lowest BCUT2D eigenvalue weighted by molar-refractivity contribution is 0.270. The smallest absolute Gasteiger partial charge is 0.144 e. The fraction of sp³-hybridized carbons (Fsp3) is 0.286. The molecular weight excluding hydrogens is 254 g/mol. The molecule has 0 fully saturated rings. The summed E-state index contributed by atoms with van der Waals surface area (Å²) in [5.41, 5.74) is 9.74. The summed E-state index contributed by atoms with van der Waals surface area (Å²) in [6, 6.07) is 7.84. The Hall–Kier alpha value is -2.34. The molecular formula is C14H17N5O. The Morgan fingerprint density at radius 2 is 2.15 bits per heavy atom. The molecule has 20 heavy (non-hydrogen) atoms. The van der Waals surface area contributed by atoms with E-state index in [1.54, 1.807) is 4.68 Å². The number of aromatic nitrogens is 4. The van der Waals surface area contributed by atoms with Gasteiger partial charge in [-0.25, -0.2) is 9.67 Å². The summed E-state index contributed by atoms with van der Waals surface area (Å²) in [5.74, 6) is 1.26. The van der Waals surface area contributed by atoms with Crippen LogP contribution in [0, 0.1) is 0 Å². The molecule has 0 bridgehead atoms. The lowest BCUT2D eigenvalue weighted by Crippen LogP contribution is -2.07. The highest BCUT2D eigenvalue weighted by atomic mass is 16.3. The summed E-state index contributed by atoms with van der Waals surface area (Å²) in [5, 5.41) is 13.5. The SMILES string of the molecule is CCc1nn(CCO)c(N)c1-c1nc2ccccc2[nH]1. The van der Waals surface area contributed by atoms with Crippen molar-refractivity contribution in [2.45, 2.75) is 19.9 Å². The van der Waals surface area contributed by atoms with Gasteiger partial charge in [-0.1, -0.05) is 19.1 Å². The van der Waals surface area contributed by atoms with Gasteiger partial charge >= 0.3 is 0 Å². The van der Waals surface area contributed by atoms with Crippen LogP contribution in [0.2, 0.25) is 0 Å². The average Bonchev–Trinajstić information content (AvgIpc) is 3.00. The second kappa shape index (κ2) is 4.97. The van der Waals surface area contributed by atoms with Crippen LogP contribution in [0.1, 0.15) is 12.6 Å². The molecule has 0 aliphatic heterocycles. The Morgan fingerprint density at radius 1 is 1.35 bits per heavy atom. The van der Waals surface area contributed by atoms with E-state index in [1.807, 2.05) is 31.2 Å². The lowest BCUT2D eigenvalue weighted by atomic mass is 10.2. The van der Waals surface area contributed by atoms with Gasteiger partial charge in [0.15, 0.2) is 0 Å². The fourth-order valence-electron chi connectivity index (χ4n) is 2.37. The number of aryl methyl sites for hydroxylation is 1. The second-order valence-electron chi connectivity index (χ2n) is 4.61. The van der Waals surface area contributed by atoms with Crippen LogP contribution in [-0.4, -0.2) is 31.5 Å². The third-order valence-electron chi connectivity index (χ3n) is 3.34. The van der Waals surface area contributed by atoms with E-state index in [0.717, 1.165) is 34.5 Å². The Kier molecular flexibility index (Phi) is 3.15. The number of benzene rings is 1. The van der Waals surface area contributed by atoms with Gasteiger partial charge in [0, 0.05) is 0 Å². The molecule has 4 N–H and O–H groups in total. The molecule has 0 aliphatic carbocycles. The Bertz CT molecular complexity index is 710. The highest BCUT2D eigenvalue weighted by Crippen LogP contribution is 2.29. The van der Waals surface area contributed by atoms with E-state index < -0.39 is 0 Å². The lowest BCUT2D eigenvalue weighted by Gasteiger charge is -2.01. The number of H-pyrrole nitrogens is 1. The first-order valence-electron chi connectivity index (χ1n) is 6.65. The molecule has 6 heteroatoms. The van der Waals surface area contributed by atoms with E-state index in [9.17, 15) is 0 Å². The predicted octanol–water partition coefficient (Wildman–Crippen LogP) is 1.56. The largest absolute Gasteiger partial charge is 0.394 e. The summed E-state index contributed by atoms with van der Waals surface area (Å²) < 4.78 is 1.63. The zero-order valence-corrected chi connectivity index (χ0v) is 11.3. The number of aliphatic hydroxyl groups is 1. The van der Waals surface area contributed by atoms with Crippen LogP contribution in [0.4, 0.5) is 5.82 Å². The number of anilines is 1. The molecule has 0 saturated carbocycles. The maximum atomic E-state index is 9.06. The molecule has 3 rings (SSSR count). The Balaban J connectivity index is 2.17. The van der Waals surface area contributed by atoms with Gasteiger partial charge in [0.05, 0.1) is 35.4 Å². The third kappa shape index (κ3) is 1.94. The first kappa shape index (κ1) is 12.7. The molecule has 0 saturated heterocycles. The summed E-state index contributed by atoms with van der Waals surface area (Å²) in [6.45, 7) is 2.42. The maximum absolute atomic E-state index is 9.06. The van der Waals surface area contributed by atoms with Crippen molar-refractivity contribution in [3.8, 4) is 11.4 Å². The van der Waals surface area contributed by atoms with E-state index in [-0.39, 0.29) is 6.61 Å². The van der Waals surface area contributed by atoms with Crippen molar-refractivity contribution >= 4 is 16.9 Å². The van der Waals surface area contributed by atoms with Crippen molar-refractivity contribution in [1.29, 1.82) is 0 Å². The van der Waals surface area contributed by atoms with Crippen LogP contribution < -0.4 is 5.73 Å². The molecule has 0 aliphatic rings. The number of nitrogen functional groups attached to an aromatic ring is 1. The van der Waals surface area contributed by atoms with Gasteiger partial charge in [-0.15, -0.1) is 0 Å². The minimum absolute atomic E-state index is 0.00854. The Morgan fingerprint density at radius 3 is 2.85 bits per heavy atom. The average molecular weight is 271 g/mol.